The van der Waals surface area contributed by atoms with Crippen LogP contribution < -0.4 is 15.4 Å². The summed E-state index contributed by atoms with van der Waals surface area (Å²) >= 11 is 0. The molecule has 146 valence electrons. The first-order valence-corrected chi connectivity index (χ1v) is 10.4. The molecule has 0 aliphatic carbocycles. The van der Waals surface area contributed by atoms with Crippen LogP contribution in [0.2, 0.25) is 0 Å². The molecule has 0 radical (unpaired) electrons. The Morgan fingerprint density at radius 2 is 1.93 bits per heavy atom. The van der Waals surface area contributed by atoms with Crippen molar-refractivity contribution >= 4 is 21.7 Å². The van der Waals surface area contributed by atoms with Crippen molar-refractivity contribution in [2.75, 3.05) is 29.5 Å². The standard InChI is InChI=1S/C17H19N7O3S/c1-2-28(25,26)23-12-9-24(10-12)13-8-19-15(18)14(20-13)17-22-21-16(27-17)11-6-4-3-5-7-11/h3-8,12,23H,2,9-10H2,1H3,(H2,18,19). The lowest BCUT2D eigenvalue weighted by Gasteiger charge is -2.40. The molecule has 28 heavy (non-hydrogen) atoms. The molecule has 0 saturated carbocycles. The monoisotopic (exact) mass is 401 g/mol. The maximum absolute atomic E-state index is 11.6. The molecule has 1 saturated heterocycles. The van der Waals surface area contributed by atoms with E-state index in [1.807, 2.05) is 35.2 Å². The van der Waals surface area contributed by atoms with Gasteiger partial charge in [-0.2, -0.15) is 0 Å². The van der Waals surface area contributed by atoms with Gasteiger partial charge >= 0.3 is 0 Å². The summed E-state index contributed by atoms with van der Waals surface area (Å²) in [5, 5.41) is 8.08. The molecule has 4 rings (SSSR count). The topological polar surface area (TPSA) is 140 Å². The van der Waals surface area contributed by atoms with Crippen LogP contribution in [0.4, 0.5) is 11.6 Å². The number of nitrogens with two attached hydrogens (primary N) is 1. The van der Waals surface area contributed by atoms with Crippen molar-refractivity contribution in [2.45, 2.75) is 13.0 Å². The first-order chi connectivity index (χ1) is 13.4. The van der Waals surface area contributed by atoms with Gasteiger partial charge < -0.3 is 15.1 Å². The number of rotatable bonds is 6. The zero-order chi connectivity index (χ0) is 19.7. The zero-order valence-corrected chi connectivity index (χ0v) is 15.9. The third kappa shape index (κ3) is 3.66. The van der Waals surface area contributed by atoms with Crippen LogP contribution in [0.5, 0.6) is 0 Å². The number of aromatic nitrogens is 4. The van der Waals surface area contributed by atoms with E-state index in [0.717, 1.165) is 5.56 Å². The Bertz CT molecular complexity index is 1080. The molecule has 0 spiro atoms. The Morgan fingerprint density at radius 3 is 2.64 bits per heavy atom. The summed E-state index contributed by atoms with van der Waals surface area (Å²) in [4.78, 5) is 10.5. The van der Waals surface area contributed by atoms with Gasteiger partial charge in [-0.05, 0) is 19.1 Å². The summed E-state index contributed by atoms with van der Waals surface area (Å²) in [5.41, 5.74) is 7.03. The second-order valence-corrected chi connectivity index (χ2v) is 8.41. The maximum Gasteiger partial charge on any atom is 0.270 e. The Hall–Kier alpha value is -3.05. The van der Waals surface area contributed by atoms with Crippen molar-refractivity contribution in [3.8, 4) is 23.0 Å². The van der Waals surface area contributed by atoms with Crippen molar-refractivity contribution in [2.24, 2.45) is 0 Å². The molecule has 1 aliphatic rings. The highest BCUT2D eigenvalue weighted by Gasteiger charge is 2.31. The highest BCUT2D eigenvalue weighted by Crippen LogP contribution is 2.28. The van der Waals surface area contributed by atoms with Crippen molar-refractivity contribution in [3.63, 3.8) is 0 Å². The second-order valence-electron chi connectivity index (χ2n) is 6.36. The normalized spacial score (nSPS) is 14.8. The minimum absolute atomic E-state index is 0.0518. The van der Waals surface area contributed by atoms with Gasteiger partial charge in [0.1, 0.15) is 5.82 Å². The molecule has 1 aliphatic heterocycles. The van der Waals surface area contributed by atoms with Crippen LogP contribution in [-0.2, 0) is 10.0 Å². The number of nitrogens with zero attached hydrogens (tertiary/aromatic N) is 5. The van der Waals surface area contributed by atoms with Gasteiger partial charge in [0.25, 0.3) is 5.89 Å². The number of nitrogen functional groups attached to an aromatic ring is 1. The molecule has 3 aromatic rings. The molecule has 10 nitrogen and oxygen atoms in total. The van der Waals surface area contributed by atoms with Gasteiger partial charge in [-0.3, -0.25) is 0 Å². The highest BCUT2D eigenvalue weighted by atomic mass is 32.2. The van der Waals surface area contributed by atoms with Gasteiger partial charge in [0.2, 0.25) is 15.9 Å². The van der Waals surface area contributed by atoms with E-state index < -0.39 is 10.0 Å². The van der Waals surface area contributed by atoms with Gasteiger partial charge in [0, 0.05) is 18.7 Å². The lowest BCUT2D eigenvalue weighted by atomic mass is 10.1. The molecule has 1 fully saturated rings. The highest BCUT2D eigenvalue weighted by molar-refractivity contribution is 7.89. The Balaban J connectivity index is 1.52. The van der Waals surface area contributed by atoms with Crippen molar-refractivity contribution < 1.29 is 12.8 Å². The third-order valence-corrected chi connectivity index (χ3v) is 5.82. The van der Waals surface area contributed by atoms with Crippen LogP contribution in [-0.4, -0.2) is 53.5 Å². The number of hydrogen-bond acceptors (Lipinski definition) is 9. The van der Waals surface area contributed by atoms with Gasteiger partial charge in [-0.1, -0.05) is 18.2 Å². The molecule has 1 aromatic carbocycles. The van der Waals surface area contributed by atoms with Crippen molar-refractivity contribution in [1.82, 2.24) is 24.9 Å². The van der Waals surface area contributed by atoms with Crippen molar-refractivity contribution in [1.29, 1.82) is 0 Å². The van der Waals surface area contributed by atoms with Crippen LogP contribution in [0.3, 0.4) is 0 Å². The SMILES string of the molecule is CCS(=O)(=O)NC1CN(c2cnc(N)c(-c3nnc(-c4ccccc4)o3)n2)C1. The summed E-state index contributed by atoms with van der Waals surface area (Å²) in [5.74, 6) is 1.33. The Kier molecular flexibility index (Phi) is 4.69. The van der Waals surface area contributed by atoms with Crippen LogP contribution in [0.1, 0.15) is 6.92 Å². The lowest BCUT2D eigenvalue weighted by Crippen LogP contribution is -2.59. The first kappa shape index (κ1) is 18.3. The van der Waals surface area contributed by atoms with E-state index in [2.05, 4.69) is 24.9 Å². The van der Waals surface area contributed by atoms with Crippen LogP contribution in [0.15, 0.2) is 40.9 Å². The van der Waals surface area contributed by atoms with Crippen LogP contribution in [0.25, 0.3) is 23.0 Å². The number of hydrogen-bond donors (Lipinski definition) is 2. The molecule has 0 unspecified atom stereocenters. The average molecular weight is 401 g/mol. The van der Waals surface area contributed by atoms with Crippen molar-refractivity contribution in [3.05, 3.63) is 36.5 Å². The van der Waals surface area contributed by atoms with E-state index in [4.69, 9.17) is 10.2 Å². The first-order valence-electron chi connectivity index (χ1n) is 8.72. The third-order valence-electron chi connectivity index (χ3n) is 4.37. The molecule has 11 heteroatoms. The molecule has 0 amide bonds. The molecule has 3 N–H and O–H groups in total. The number of benzene rings is 1. The van der Waals surface area contributed by atoms with Crippen LogP contribution >= 0.6 is 0 Å². The Labute approximate surface area is 161 Å². The molecule has 2 aromatic heterocycles. The van der Waals surface area contributed by atoms with E-state index in [9.17, 15) is 8.42 Å². The molecule has 0 bridgehead atoms. The fourth-order valence-corrected chi connectivity index (χ4v) is 3.62. The summed E-state index contributed by atoms with van der Waals surface area (Å²) < 4.78 is 31.6. The average Bonchev–Trinajstić information content (AvgIpc) is 3.16. The number of sulfonamides is 1. The predicted octanol–water partition coefficient (Wildman–Crippen LogP) is 0.904. The quantitative estimate of drug-likeness (QED) is 0.616. The second kappa shape index (κ2) is 7.17. The fourth-order valence-electron chi connectivity index (χ4n) is 2.79. The predicted molar refractivity (Wildman–Crippen MR) is 104 cm³/mol. The van der Waals surface area contributed by atoms with Gasteiger partial charge in [0.05, 0.1) is 18.0 Å². The van der Waals surface area contributed by atoms with E-state index in [1.165, 1.54) is 6.20 Å². The van der Waals surface area contributed by atoms with E-state index >= 15 is 0 Å². The van der Waals surface area contributed by atoms with E-state index in [-0.39, 0.29) is 23.5 Å². The number of anilines is 2. The summed E-state index contributed by atoms with van der Waals surface area (Å²) in [6, 6.07) is 9.22. The van der Waals surface area contributed by atoms with Crippen LogP contribution in [0, 0.1) is 0 Å². The zero-order valence-electron chi connectivity index (χ0n) is 15.1. The minimum Gasteiger partial charge on any atom is -0.414 e. The fraction of sp³-hybridized carbons (Fsp3) is 0.294. The molecular formula is C17H19N7O3S. The largest absolute Gasteiger partial charge is 0.414 e. The summed E-state index contributed by atoms with van der Waals surface area (Å²) in [7, 11) is -3.23. The minimum atomic E-state index is -3.23. The number of nitrogens with one attached hydrogen (secondary N) is 1. The van der Waals surface area contributed by atoms with E-state index in [1.54, 1.807) is 6.92 Å². The van der Waals surface area contributed by atoms with Gasteiger partial charge in [-0.25, -0.2) is 23.1 Å². The summed E-state index contributed by atoms with van der Waals surface area (Å²) in [6.45, 7) is 2.59. The van der Waals surface area contributed by atoms with E-state index in [0.29, 0.717) is 30.5 Å². The van der Waals surface area contributed by atoms with Gasteiger partial charge in [0.15, 0.2) is 11.5 Å². The summed E-state index contributed by atoms with van der Waals surface area (Å²) in [6.07, 6.45) is 1.54. The maximum atomic E-state index is 11.6. The lowest BCUT2D eigenvalue weighted by molar-refractivity contribution is 0.466. The molecule has 3 heterocycles. The molecular weight excluding hydrogens is 382 g/mol. The van der Waals surface area contributed by atoms with Gasteiger partial charge in [-0.15, -0.1) is 10.2 Å². The smallest absolute Gasteiger partial charge is 0.270 e. The molecule has 0 atom stereocenters. The Morgan fingerprint density at radius 1 is 1.21 bits per heavy atom.